The molecular formula is C27H28N2O5. The number of nitrogens with one attached hydrogen (secondary N) is 2. The van der Waals surface area contributed by atoms with Gasteiger partial charge in [-0.25, -0.2) is 0 Å². The Bertz CT molecular complexity index is 1160. The zero-order valence-corrected chi connectivity index (χ0v) is 19.3. The first-order valence-electron chi connectivity index (χ1n) is 11.2. The predicted molar refractivity (Wildman–Crippen MR) is 130 cm³/mol. The van der Waals surface area contributed by atoms with Crippen molar-refractivity contribution in [3.63, 3.8) is 0 Å². The molecule has 2 amide bonds. The van der Waals surface area contributed by atoms with Crippen LogP contribution in [0.1, 0.15) is 40.4 Å². The van der Waals surface area contributed by atoms with Crippen LogP contribution in [0.4, 0.5) is 5.69 Å². The van der Waals surface area contributed by atoms with E-state index in [4.69, 9.17) is 14.2 Å². The molecular weight excluding hydrogens is 432 g/mol. The lowest BCUT2D eigenvalue weighted by Gasteiger charge is -2.26. The zero-order chi connectivity index (χ0) is 23.9. The van der Waals surface area contributed by atoms with Gasteiger partial charge in [-0.05, 0) is 72.9 Å². The maximum Gasteiger partial charge on any atom is 0.262 e. The zero-order valence-electron chi connectivity index (χ0n) is 19.3. The molecule has 0 spiro atoms. The molecule has 0 fully saturated rings. The molecule has 0 bridgehead atoms. The minimum Gasteiger partial charge on any atom is -0.497 e. The highest BCUT2D eigenvalue weighted by molar-refractivity contribution is 5.95. The lowest BCUT2D eigenvalue weighted by molar-refractivity contribution is -0.118. The highest BCUT2D eigenvalue weighted by atomic mass is 16.5. The number of ether oxygens (including phenoxy) is 3. The normalized spacial score (nSPS) is 14.5. The Morgan fingerprint density at radius 3 is 2.50 bits per heavy atom. The Kier molecular flexibility index (Phi) is 7.32. The Labute approximate surface area is 199 Å². The molecule has 7 nitrogen and oxygen atoms in total. The van der Waals surface area contributed by atoms with Crippen LogP contribution >= 0.6 is 0 Å². The second-order valence-electron chi connectivity index (χ2n) is 8.05. The molecule has 3 aromatic carbocycles. The number of fused-ring (bicyclic) bond motifs is 1. The van der Waals surface area contributed by atoms with E-state index in [1.165, 1.54) is 18.2 Å². The molecule has 0 heterocycles. The predicted octanol–water partition coefficient (Wildman–Crippen LogP) is 4.53. The van der Waals surface area contributed by atoms with E-state index in [0.29, 0.717) is 28.5 Å². The van der Waals surface area contributed by atoms with Crippen molar-refractivity contribution in [3.05, 3.63) is 83.4 Å². The molecule has 3 aromatic rings. The topological polar surface area (TPSA) is 85.9 Å². The minimum atomic E-state index is -0.315. The summed E-state index contributed by atoms with van der Waals surface area (Å²) in [4.78, 5) is 25.2. The van der Waals surface area contributed by atoms with Crippen LogP contribution in [0.5, 0.6) is 17.2 Å². The average molecular weight is 461 g/mol. The summed E-state index contributed by atoms with van der Waals surface area (Å²) in [5.74, 6) is 0.977. The fourth-order valence-electron chi connectivity index (χ4n) is 4.09. The van der Waals surface area contributed by atoms with E-state index < -0.39 is 0 Å². The number of rotatable bonds is 8. The first-order valence-corrected chi connectivity index (χ1v) is 11.2. The summed E-state index contributed by atoms with van der Waals surface area (Å²) in [5.41, 5.74) is 3.57. The second-order valence-corrected chi connectivity index (χ2v) is 8.05. The quantitative estimate of drug-likeness (QED) is 0.516. The number of hydrogen-bond acceptors (Lipinski definition) is 5. The van der Waals surface area contributed by atoms with Gasteiger partial charge in [0.2, 0.25) is 0 Å². The fourth-order valence-corrected chi connectivity index (χ4v) is 4.09. The number of hydrogen-bond donors (Lipinski definition) is 2. The van der Waals surface area contributed by atoms with Crippen LogP contribution in [0.3, 0.4) is 0 Å². The van der Waals surface area contributed by atoms with Crippen molar-refractivity contribution in [2.75, 3.05) is 26.1 Å². The standard InChI is InChI=1S/C27H28N2O5/c1-32-21-13-11-20(12-14-21)28-26(30)17-34-24-15-10-19(16-25(24)33-2)27(31)29-23-9-5-7-18-6-3-4-8-22(18)23/h3-4,6,8,10-16,23H,5,7,9,17H2,1-2H3,(H,28,30)(H,29,31)/t23-/m1/s1. The smallest absolute Gasteiger partial charge is 0.262 e. The molecule has 4 rings (SSSR count). The van der Waals surface area contributed by atoms with Crippen LogP contribution in [0, 0.1) is 0 Å². The molecule has 0 radical (unpaired) electrons. The third-order valence-electron chi connectivity index (χ3n) is 5.83. The summed E-state index contributed by atoms with van der Waals surface area (Å²) in [6, 6.07) is 20.2. The van der Waals surface area contributed by atoms with Gasteiger partial charge in [-0.2, -0.15) is 0 Å². The summed E-state index contributed by atoms with van der Waals surface area (Å²) >= 11 is 0. The van der Waals surface area contributed by atoms with Crippen LogP contribution in [0.15, 0.2) is 66.7 Å². The molecule has 0 unspecified atom stereocenters. The minimum absolute atomic E-state index is 0.0129. The molecule has 0 saturated carbocycles. The Balaban J connectivity index is 1.37. The van der Waals surface area contributed by atoms with Gasteiger partial charge >= 0.3 is 0 Å². The monoisotopic (exact) mass is 460 g/mol. The van der Waals surface area contributed by atoms with Gasteiger partial charge in [0.1, 0.15) is 5.75 Å². The molecule has 0 saturated heterocycles. The van der Waals surface area contributed by atoms with Crippen LogP contribution in [-0.2, 0) is 11.2 Å². The van der Waals surface area contributed by atoms with Crippen LogP contribution in [0.2, 0.25) is 0 Å². The van der Waals surface area contributed by atoms with E-state index in [-0.39, 0.29) is 24.5 Å². The third-order valence-corrected chi connectivity index (χ3v) is 5.83. The fraction of sp³-hybridized carbons (Fsp3) is 0.259. The molecule has 34 heavy (non-hydrogen) atoms. The summed E-state index contributed by atoms with van der Waals surface area (Å²) in [5, 5.41) is 5.90. The third kappa shape index (κ3) is 5.49. The lowest BCUT2D eigenvalue weighted by Crippen LogP contribution is -2.31. The number of carbonyl (C=O) groups excluding carboxylic acids is 2. The summed E-state index contributed by atoms with van der Waals surface area (Å²) < 4.78 is 16.2. The van der Waals surface area contributed by atoms with Gasteiger partial charge in [-0.1, -0.05) is 24.3 Å². The molecule has 0 aliphatic heterocycles. The molecule has 2 N–H and O–H groups in total. The van der Waals surface area contributed by atoms with Gasteiger partial charge in [-0.3, -0.25) is 9.59 Å². The maximum absolute atomic E-state index is 12.9. The number of aryl methyl sites for hydroxylation is 1. The number of benzene rings is 3. The molecule has 1 aliphatic carbocycles. The van der Waals surface area contributed by atoms with Crippen molar-refractivity contribution in [3.8, 4) is 17.2 Å². The average Bonchev–Trinajstić information content (AvgIpc) is 2.88. The molecule has 0 aromatic heterocycles. The van der Waals surface area contributed by atoms with Crippen molar-refractivity contribution in [1.82, 2.24) is 5.32 Å². The number of methoxy groups -OCH3 is 2. The highest BCUT2D eigenvalue weighted by Gasteiger charge is 2.22. The number of carbonyl (C=O) groups is 2. The summed E-state index contributed by atoms with van der Waals surface area (Å²) in [7, 11) is 3.08. The molecule has 176 valence electrons. The van der Waals surface area contributed by atoms with Crippen molar-refractivity contribution < 1.29 is 23.8 Å². The van der Waals surface area contributed by atoms with E-state index in [2.05, 4.69) is 22.8 Å². The van der Waals surface area contributed by atoms with E-state index in [0.717, 1.165) is 19.3 Å². The van der Waals surface area contributed by atoms with Gasteiger partial charge in [0.05, 0.1) is 20.3 Å². The van der Waals surface area contributed by atoms with Crippen molar-refractivity contribution in [2.24, 2.45) is 0 Å². The van der Waals surface area contributed by atoms with Gasteiger partial charge in [-0.15, -0.1) is 0 Å². The van der Waals surface area contributed by atoms with Crippen molar-refractivity contribution in [1.29, 1.82) is 0 Å². The van der Waals surface area contributed by atoms with Crippen LogP contribution < -0.4 is 24.8 Å². The summed E-state index contributed by atoms with van der Waals surface area (Å²) in [6.07, 6.45) is 2.98. The first-order chi connectivity index (χ1) is 16.6. The highest BCUT2D eigenvalue weighted by Crippen LogP contribution is 2.31. The van der Waals surface area contributed by atoms with E-state index in [9.17, 15) is 9.59 Å². The van der Waals surface area contributed by atoms with Gasteiger partial charge in [0, 0.05) is 11.3 Å². The molecule has 1 aliphatic rings. The Morgan fingerprint density at radius 1 is 0.941 bits per heavy atom. The molecule has 7 heteroatoms. The van der Waals surface area contributed by atoms with E-state index in [1.54, 1.807) is 49.6 Å². The van der Waals surface area contributed by atoms with Crippen LogP contribution in [0.25, 0.3) is 0 Å². The first kappa shape index (κ1) is 23.2. The van der Waals surface area contributed by atoms with Crippen molar-refractivity contribution in [2.45, 2.75) is 25.3 Å². The lowest BCUT2D eigenvalue weighted by atomic mass is 9.87. The summed E-state index contributed by atoms with van der Waals surface area (Å²) in [6.45, 7) is -0.202. The molecule has 1 atom stereocenters. The SMILES string of the molecule is COc1ccc(NC(=O)COc2ccc(C(=O)N[C@@H]3CCCc4ccccc43)cc2OC)cc1. The Morgan fingerprint density at radius 2 is 1.74 bits per heavy atom. The van der Waals surface area contributed by atoms with Gasteiger partial charge in [0.25, 0.3) is 11.8 Å². The van der Waals surface area contributed by atoms with Gasteiger partial charge in [0.15, 0.2) is 18.1 Å². The van der Waals surface area contributed by atoms with E-state index in [1.807, 2.05) is 12.1 Å². The van der Waals surface area contributed by atoms with Crippen molar-refractivity contribution >= 4 is 17.5 Å². The van der Waals surface area contributed by atoms with E-state index >= 15 is 0 Å². The van der Waals surface area contributed by atoms with Crippen LogP contribution in [-0.4, -0.2) is 32.6 Å². The Hall–Kier alpha value is -4.00. The maximum atomic E-state index is 12.9. The number of anilines is 1. The second kappa shape index (κ2) is 10.7. The largest absolute Gasteiger partial charge is 0.497 e. The number of amides is 2. The van der Waals surface area contributed by atoms with Gasteiger partial charge < -0.3 is 24.8 Å².